The molecule has 0 unspecified atom stereocenters. The third kappa shape index (κ3) is 5.30. The van der Waals surface area contributed by atoms with Crippen LogP contribution >= 0.6 is 11.6 Å². The quantitative estimate of drug-likeness (QED) is 0.593. The fourth-order valence-electron chi connectivity index (χ4n) is 2.54. The van der Waals surface area contributed by atoms with Crippen LogP contribution in [0.4, 0.5) is 20.2 Å². The molecule has 5 nitrogen and oxygen atoms in total. The van der Waals surface area contributed by atoms with Crippen LogP contribution in [0, 0.1) is 11.6 Å². The average molecular weight is 437 g/mol. The predicted molar refractivity (Wildman–Crippen MR) is 107 cm³/mol. The normalized spacial score (nSPS) is 11.1. The van der Waals surface area contributed by atoms with E-state index in [1.165, 1.54) is 48.5 Å². The summed E-state index contributed by atoms with van der Waals surface area (Å²) in [4.78, 5) is 12.1. The van der Waals surface area contributed by atoms with Crippen LogP contribution in [-0.2, 0) is 21.2 Å². The Morgan fingerprint density at radius 1 is 0.931 bits per heavy atom. The van der Waals surface area contributed by atoms with Gasteiger partial charge in [0.25, 0.3) is 10.0 Å². The largest absolute Gasteiger partial charge is 0.326 e. The van der Waals surface area contributed by atoms with Gasteiger partial charge in [-0.3, -0.25) is 9.52 Å². The molecule has 0 fully saturated rings. The fraction of sp³-hybridized carbons (Fsp3) is 0.0500. The molecule has 0 radical (unpaired) electrons. The average Bonchev–Trinajstić information content (AvgIpc) is 2.67. The van der Waals surface area contributed by atoms with Gasteiger partial charge in [-0.25, -0.2) is 17.2 Å². The lowest BCUT2D eigenvalue weighted by Crippen LogP contribution is -2.17. The van der Waals surface area contributed by atoms with Crippen molar-refractivity contribution in [3.63, 3.8) is 0 Å². The lowest BCUT2D eigenvalue weighted by Gasteiger charge is -2.11. The molecule has 0 aliphatic heterocycles. The Morgan fingerprint density at radius 3 is 2.34 bits per heavy atom. The van der Waals surface area contributed by atoms with Gasteiger partial charge in [0, 0.05) is 22.0 Å². The zero-order valence-corrected chi connectivity index (χ0v) is 16.4. The number of carbonyl (C=O) groups is 1. The van der Waals surface area contributed by atoms with E-state index < -0.39 is 34.0 Å². The van der Waals surface area contributed by atoms with E-state index in [4.69, 9.17) is 11.6 Å². The van der Waals surface area contributed by atoms with E-state index in [2.05, 4.69) is 10.0 Å². The third-order valence-corrected chi connectivity index (χ3v) is 5.54. The number of benzene rings is 3. The van der Waals surface area contributed by atoms with Crippen LogP contribution in [0.2, 0.25) is 5.02 Å². The van der Waals surface area contributed by atoms with Crippen LogP contribution in [-0.4, -0.2) is 14.3 Å². The molecule has 1 amide bonds. The SMILES string of the molecule is O=C(Cc1cccc(F)c1F)Nc1cccc(S(=O)(=O)Nc2ccc(Cl)cc2)c1. The van der Waals surface area contributed by atoms with Crippen LogP contribution in [0.25, 0.3) is 0 Å². The second kappa shape index (κ2) is 8.59. The maximum atomic E-state index is 13.7. The standard InChI is InChI=1S/C20H15ClF2N2O3S/c21-14-7-9-15(10-8-14)25-29(27,28)17-5-2-4-16(12-17)24-19(26)11-13-3-1-6-18(22)20(13)23/h1-10,12,25H,11H2,(H,24,26). The molecule has 0 bridgehead atoms. The zero-order valence-electron chi connectivity index (χ0n) is 14.8. The number of hydrogen-bond acceptors (Lipinski definition) is 3. The molecule has 29 heavy (non-hydrogen) atoms. The molecule has 150 valence electrons. The van der Waals surface area contributed by atoms with E-state index in [0.717, 1.165) is 6.07 Å². The first-order valence-electron chi connectivity index (χ1n) is 8.36. The summed E-state index contributed by atoms with van der Waals surface area (Å²) < 4.78 is 54.5. The van der Waals surface area contributed by atoms with Gasteiger partial charge in [-0.15, -0.1) is 0 Å². The van der Waals surface area contributed by atoms with E-state index in [1.807, 2.05) is 0 Å². The van der Waals surface area contributed by atoms with Crippen LogP contribution in [0.1, 0.15) is 5.56 Å². The molecule has 0 spiro atoms. The molecule has 9 heteroatoms. The van der Waals surface area contributed by atoms with Crippen molar-refractivity contribution in [2.45, 2.75) is 11.3 Å². The van der Waals surface area contributed by atoms with E-state index in [9.17, 15) is 22.0 Å². The van der Waals surface area contributed by atoms with Crippen molar-refractivity contribution in [1.29, 1.82) is 0 Å². The number of rotatable bonds is 6. The summed E-state index contributed by atoms with van der Waals surface area (Å²) in [5, 5.41) is 2.95. The van der Waals surface area contributed by atoms with E-state index >= 15 is 0 Å². The number of halogens is 3. The Kier molecular flexibility index (Phi) is 6.14. The van der Waals surface area contributed by atoms with Crippen molar-refractivity contribution in [3.05, 3.63) is 89.0 Å². The second-order valence-electron chi connectivity index (χ2n) is 6.08. The maximum absolute atomic E-state index is 13.7. The van der Waals surface area contributed by atoms with Crippen LogP contribution in [0.5, 0.6) is 0 Å². The number of amides is 1. The summed E-state index contributed by atoms with van der Waals surface area (Å²) in [6.07, 6.45) is -0.399. The topological polar surface area (TPSA) is 75.3 Å². The minimum atomic E-state index is -3.91. The fourth-order valence-corrected chi connectivity index (χ4v) is 3.77. The van der Waals surface area contributed by atoms with Crippen molar-refractivity contribution in [2.75, 3.05) is 10.0 Å². The van der Waals surface area contributed by atoms with Crippen molar-refractivity contribution < 1.29 is 22.0 Å². The van der Waals surface area contributed by atoms with Gasteiger partial charge in [-0.1, -0.05) is 29.8 Å². The molecule has 0 saturated carbocycles. The lowest BCUT2D eigenvalue weighted by atomic mass is 10.1. The molecule has 3 aromatic rings. The summed E-state index contributed by atoms with van der Waals surface area (Å²) in [6, 6.07) is 15.2. The van der Waals surface area contributed by atoms with E-state index in [-0.39, 0.29) is 16.1 Å². The van der Waals surface area contributed by atoms with Crippen molar-refractivity contribution in [3.8, 4) is 0 Å². The van der Waals surface area contributed by atoms with Gasteiger partial charge in [-0.2, -0.15) is 0 Å². The predicted octanol–water partition coefficient (Wildman–Crippen LogP) is 4.60. The smallest absolute Gasteiger partial charge is 0.261 e. The van der Waals surface area contributed by atoms with Crippen LogP contribution in [0.15, 0.2) is 71.6 Å². The molecule has 0 atom stereocenters. The van der Waals surface area contributed by atoms with Crippen molar-refractivity contribution >= 4 is 38.9 Å². The molecular formula is C20H15ClF2N2O3S. The molecule has 0 aromatic heterocycles. The Balaban J connectivity index is 1.74. The highest BCUT2D eigenvalue weighted by atomic mass is 35.5. The molecule has 2 N–H and O–H groups in total. The first-order valence-corrected chi connectivity index (χ1v) is 10.2. The number of sulfonamides is 1. The number of anilines is 2. The Bertz CT molecular complexity index is 1150. The van der Waals surface area contributed by atoms with Gasteiger partial charge < -0.3 is 5.32 Å². The van der Waals surface area contributed by atoms with Crippen molar-refractivity contribution in [1.82, 2.24) is 0 Å². The summed E-state index contributed by atoms with van der Waals surface area (Å²) in [5.74, 6) is -2.75. The maximum Gasteiger partial charge on any atom is 0.261 e. The van der Waals surface area contributed by atoms with Gasteiger partial charge in [0.1, 0.15) is 0 Å². The van der Waals surface area contributed by atoms with E-state index in [0.29, 0.717) is 10.7 Å². The van der Waals surface area contributed by atoms with Crippen molar-refractivity contribution in [2.24, 2.45) is 0 Å². The minimum Gasteiger partial charge on any atom is -0.326 e. The van der Waals surface area contributed by atoms with Gasteiger partial charge in [0.15, 0.2) is 11.6 Å². The van der Waals surface area contributed by atoms with Crippen LogP contribution < -0.4 is 10.0 Å². The highest BCUT2D eigenvalue weighted by Crippen LogP contribution is 2.21. The Labute approximate surface area is 171 Å². The molecule has 3 aromatic carbocycles. The van der Waals surface area contributed by atoms with Crippen LogP contribution in [0.3, 0.4) is 0 Å². The molecule has 0 aliphatic rings. The van der Waals surface area contributed by atoms with Gasteiger partial charge >= 0.3 is 0 Å². The molecule has 0 aliphatic carbocycles. The summed E-state index contributed by atoms with van der Waals surface area (Å²) in [6.45, 7) is 0. The Hall–Kier alpha value is -2.97. The number of nitrogens with one attached hydrogen (secondary N) is 2. The molecular weight excluding hydrogens is 422 g/mol. The lowest BCUT2D eigenvalue weighted by molar-refractivity contribution is -0.115. The van der Waals surface area contributed by atoms with Gasteiger partial charge in [0.05, 0.1) is 11.3 Å². The highest BCUT2D eigenvalue weighted by Gasteiger charge is 2.16. The first-order chi connectivity index (χ1) is 13.7. The summed E-state index contributed by atoms with van der Waals surface area (Å²) >= 11 is 5.78. The minimum absolute atomic E-state index is 0.0813. The monoisotopic (exact) mass is 436 g/mol. The highest BCUT2D eigenvalue weighted by molar-refractivity contribution is 7.92. The Morgan fingerprint density at radius 2 is 1.62 bits per heavy atom. The second-order valence-corrected chi connectivity index (χ2v) is 8.20. The number of carbonyl (C=O) groups excluding carboxylic acids is 1. The first kappa shape index (κ1) is 20.8. The van der Waals surface area contributed by atoms with Gasteiger partial charge in [0.2, 0.25) is 5.91 Å². The molecule has 0 saturated heterocycles. The van der Waals surface area contributed by atoms with Gasteiger partial charge in [-0.05, 0) is 48.5 Å². The third-order valence-electron chi connectivity index (χ3n) is 3.91. The summed E-state index contributed by atoms with van der Waals surface area (Å²) in [5.41, 5.74) is 0.423. The number of hydrogen-bond donors (Lipinski definition) is 2. The van der Waals surface area contributed by atoms with E-state index in [1.54, 1.807) is 12.1 Å². The summed E-state index contributed by atoms with van der Waals surface area (Å²) in [7, 11) is -3.91. The molecule has 0 heterocycles. The zero-order chi connectivity index (χ0) is 21.0. The molecule has 3 rings (SSSR count).